The van der Waals surface area contributed by atoms with E-state index in [1.54, 1.807) is 23.2 Å². The topological polar surface area (TPSA) is 78.7 Å². The summed E-state index contributed by atoms with van der Waals surface area (Å²) in [6.45, 7) is 0. The molecule has 14 heavy (non-hydrogen) atoms. The summed E-state index contributed by atoms with van der Waals surface area (Å²) in [6.07, 6.45) is 4.88. The number of carbonyl (C=O) groups excluding carboxylic acids is 1. The predicted octanol–water partition coefficient (Wildman–Crippen LogP) is -0.295. The van der Waals surface area contributed by atoms with Crippen molar-refractivity contribution >= 4 is 5.91 Å². The fraction of sp³-hybridized carbons (Fsp3) is 0.125. The van der Waals surface area contributed by atoms with E-state index in [1.807, 2.05) is 7.05 Å². The van der Waals surface area contributed by atoms with Crippen LogP contribution < -0.4 is 5.73 Å². The molecule has 0 radical (unpaired) electrons. The van der Waals surface area contributed by atoms with Gasteiger partial charge < -0.3 is 10.3 Å². The smallest absolute Gasteiger partial charge is 0.267 e. The van der Waals surface area contributed by atoms with E-state index in [-0.39, 0.29) is 0 Å². The number of carbonyl (C=O) groups is 1. The molecule has 72 valence electrons. The van der Waals surface area contributed by atoms with Crippen molar-refractivity contribution in [1.29, 1.82) is 0 Å². The largest absolute Gasteiger partial charge is 0.364 e. The number of primary amides is 1. The molecule has 0 saturated heterocycles. The van der Waals surface area contributed by atoms with Crippen molar-refractivity contribution < 1.29 is 4.79 Å². The van der Waals surface area contributed by atoms with Crippen LogP contribution in [-0.4, -0.2) is 25.2 Å². The zero-order valence-corrected chi connectivity index (χ0v) is 7.58. The van der Waals surface area contributed by atoms with Crippen LogP contribution in [0.5, 0.6) is 0 Å². The minimum Gasteiger partial charge on any atom is -0.364 e. The van der Waals surface area contributed by atoms with Gasteiger partial charge in [0.2, 0.25) is 0 Å². The standard InChI is InChI=1S/C8H9N5O/c1-12-4-7(10-5-12)13-6(8(9)14)2-3-11-13/h2-5H,1H3,(H2,9,14). The molecule has 2 rings (SSSR count). The van der Waals surface area contributed by atoms with Gasteiger partial charge in [0.15, 0.2) is 5.82 Å². The number of nitrogens with two attached hydrogens (primary N) is 1. The predicted molar refractivity (Wildman–Crippen MR) is 48.8 cm³/mol. The van der Waals surface area contributed by atoms with Crippen molar-refractivity contribution in [3.05, 3.63) is 30.5 Å². The molecule has 2 aromatic heterocycles. The minimum absolute atomic E-state index is 0.323. The summed E-state index contributed by atoms with van der Waals surface area (Å²) >= 11 is 0. The number of rotatable bonds is 2. The molecule has 1 amide bonds. The van der Waals surface area contributed by atoms with Gasteiger partial charge in [0.25, 0.3) is 5.91 Å². The lowest BCUT2D eigenvalue weighted by Crippen LogP contribution is -2.16. The zero-order chi connectivity index (χ0) is 10.1. The first kappa shape index (κ1) is 8.49. The maximum Gasteiger partial charge on any atom is 0.267 e. The number of amides is 1. The molecule has 0 atom stereocenters. The molecular weight excluding hydrogens is 182 g/mol. The lowest BCUT2D eigenvalue weighted by Gasteiger charge is -1.98. The second-order valence-corrected chi connectivity index (χ2v) is 2.89. The molecule has 0 aliphatic heterocycles. The summed E-state index contributed by atoms with van der Waals surface area (Å²) in [5.41, 5.74) is 5.49. The van der Waals surface area contributed by atoms with E-state index in [0.717, 1.165) is 0 Å². The van der Waals surface area contributed by atoms with Gasteiger partial charge in [0.05, 0.1) is 12.5 Å². The van der Waals surface area contributed by atoms with E-state index in [4.69, 9.17) is 5.73 Å². The third-order valence-corrected chi connectivity index (χ3v) is 1.80. The summed E-state index contributed by atoms with van der Waals surface area (Å²) in [4.78, 5) is 15.0. The zero-order valence-electron chi connectivity index (χ0n) is 7.58. The van der Waals surface area contributed by atoms with Crippen LogP contribution in [0, 0.1) is 0 Å². The van der Waals surface area contributed by atoms with Crippen LogP contribution in [0.1, 0.15) is 10.5 Å². The fourth-order valence-electron chi connectivity index (χ4n) is 1.18. The fourth-order valence-corrected chi connectivity index (χ4v) is 1.18. The Kier molecular flexibility index (Phi) is 1.81. The van der Waals surface area contributed by atoms with Crippen molar-refractivity contribution in [2.24, 2.45) is 12.8 Å². The van der Waals surface area contributed by atoms with Crippen LogP contribution in [-0.2, 0) is 7.05 Å². The van der Waals surface area contributed by atoms with Crippen molar-refractivity contribution in [1.82, 2.24) is 19.3 Å². The van der Waals surface area contributed by atoms with E-state index in [1.165, 1.54) is 10.9 Å². The third-order valence-electron chi connectivity index (χ3n) is 1.80. The first-order chi connectivity index (χ1) is 6.68. The first-order valence-corrected chi connectivity index (χ1v) is 4.00. The van der Waals surface area contributed by atoms with Gasteiger partial charge in [-0.15, -0.1) is 0 Å². The molecule has 6 heteroatoms. The molecule has 6 nitrogen and oxygen atoms in total. The maximum absolute atomic E-state index is 11.0. The van der Waals surface area contributed by atoms with Crippen LogP contribution in [0.25, 0.3) is 5.82 Å². The van der Waals surface area contributed by atoms with Crippen molar-refractivity contribution in [3.63, 3.8) is 0 Å². The van der Waals surface area contributed by atoms with Gasteiger partial charge >= 0.3 is 0 Å². The van der Waals surface area contributed by atoms with E-state index in [0.29, 0.717) is 11.5 Å². The van der Waals surface area contributed by atoms with E-state index in [9.17, 15) is 4.79 Å². The summed E-state index contributed by atoms with van der Waals surface area (Å²) < 4.78 is 3.17. The van der Waals surface area contributed by atoms with Gasteiger partial charge in [-0.1, -0.05) is 0 Å². The monoisotopic (exact) mass is 191 g/mol. The van der Waals surface area contributed by atoms with Crippen LogP contribution in [0.2, 0.25) is 0 Å². The number of hydrogen-bond donors (Lipinski definition) is 1. The number of hydrogen-bond acceptors (Lipinski definition) is 3. The van der Waals surface area contributed by atoms with Crippen molar-refractivity contribution in [3.8, 4) is 5.82 Å². The summed E-state index contributed by atoms with van der Waals surface area (Å²) in [6, 6.07) is 1.55. The van der Waals surface area contributed by atoms with Gasteiger partial charge in [0, 0.05) is 13.2 Å². The van der Waals surface area contributed by atoms with E-state index < -0.39 is 5.91 Å². The van der Waals surface area contributed by atoms with Gasteiger partial charge in [-0.2, -0.15) is 5.10 Å². The number of aryl methyl sites for hydroxylation is 1. The Labute approximate surface area is 80.0 Å². The molecule has 0 unspecified atom stereocenters. The van der Waals surface area contributed by atoms with Crippen LogP contribution >= 0.6 is 0 Å². The Hall–Kier alpha value is -2.11. The molecule has 0 aromatic carbocycles. The molecule has 0 aliphatic rings. The summed E-state index contributed by atoms with van der Waals surface area (Å²) in [5.74, 6) is 0.0550. The second kappa shape index (κ2) is 2.99. The molecule has 0 saturated carbocycles. The van der Waals surface area contributed by atoms with Gasteiger partial charge in [-0.3, -0.25) is 4.79 Å². The van der Waals surface area contributed by atoms with E-state index in [2.05, 4.69) is 10.1 Å². The van der Waals surface area contributed by atoms with Gasteiger partial charge in [-0.05, 0) is 6.07 Å². The highest BCUT2D eigenvalue weighted by Crippen LogP contribution is 2.06. The normalized spacial score (nSPS) is 10.4. The van der Waals surface area contributed by atoms with E-state index >= 15 is 0 Å². The minimum atomic E-state index is -0.520. The number of imidazole rings is 1. The second-order valence-electron chi connectivity index (χ2n) is 2.89. The molecular formula is C8H9N5O. The average molecular weight is 191 g/mol. The number of aromatic nitrogens is 4. The molecule has 0 fully saturated rings. The highest BCUT2D eigenvalue weighted by Gasteiger charge is 2.10. The summed E-state index contributed by atoms with van der Waals surface area (Å²) in [5, 5.41) is 3.96. The van der Waals surface area contributed by atoms with Crippen molar-refractivity contribution in [2.75, 3.05) is 0 Å². The van der Waals surface area contributed by atoms with Crippen LogP contribution in [0.3, 0.4) is 0 Å². The Bertz CT molecular complexity index is 470. The Morgan fingerprint density at radius 1 is 1.57 bits per heavy atom. The lowest BCUT2D eigenvalue weighted by atomic mass is 10.4. The molecule has 0 spiro atoms. The third kappa shape index (κ3) is 1.26. The highest BCUT2D eigenvalue weighted by atomic mass is 16.1. The quantitative estimate of drug-likeness (QED) is 0.708. The average Bonchev–Trinajstić information content (AvgIpc) is 2.70. The molecule has 0 aliphatic carbocycles. The lowest BCUT2D eigenvalue weighted by molar-refractivity contribution is 0.0993. The molecule has 2 N–H and O–H groups in total. The van der Waals surface area contributed by atoms with Gasteiger partial charge in [-0.25, -0.2) is 9.67 Å². The Balaban J connectivity index is 2.51. The molecule has 0 bridgehead atoms. The highest BCUT2D eigenvalue weighted by molar-refractivity contribution is 5.91. The SMILES string of the molecule is Cn1cnc(-n2nccc2C(N)=O)c1. The summed E-state index contributed by atoms with van der Waals surface area (Å²) in [7, 11) is 1.84. The van der Waals surface area contributed by atoms with Crippen LogP contribution in [0.15, 0.2) is 24.8 Å². The van der Waals surface area contributed by atoms with Crippen molar-refractivity contribution in [2.45, 2.75) is 0 Å². The molecule has 2 heterocycles. The Morgan fingerprint density at radius 3 is 2.93 bits per heavy atom. The van der Waals surface area contributed by atoms with Gasteiger partial charge in [0.1, 0.15) is 5.69 Å². The number of nitrogens with zero attached hydrogens (tertiary/aromatic N) is 4. The molecule has 2 aromatic rings. The first-order valence-electron chi connectivity index (χ1n) is 4.00. The van der Waals surface area contributed by atoms with Crippen LogP contribution in [0.4, 0.5) is 0 Å². The Morgan fingerprint density at radius 2 is 2.36 bits per heavy atom. The maximum atomic E-state index is 11.0.